The van der Waals surface area contributed by atoms with Crippen molar-refractivity contribution in [3.63, 3.8) is 0 Å². The number of likely N-dealkylation sites (N-methyl/N-ethyl adjacent to an activating group) is 1. The van der Waals surface area contributed by atoms with Crippen LogP contribution in [0.15, 0.2) is 16.3 Å². The Balaban J connectivity index is 2.68. The highest BCUT2D eigenvalue weighted by molar-refractivity contribution is 7.91. The summed E-state index contributed by atoms with van der Waals surface area (Å²) in [7, 11) is -0.246. The predicted molar refractivity (Wildman–Crippen MR) is 78.0 cm³/mol. The van der Waals surface area contributed by atoms with Gasteiger partial charge in [-0.1, -0.05) is 6.92 Å². The van der Waals surface area contributed by atoms with Gasteiger partial charge in [0.1, 0.15) is 4.21 Å². The number of hydrogen-bond donors (Lipinski definition) is 1. The number of nitrogens with zero attached hydrogens (tertiary/aromatic N) is 1. The molecular weight excluding hydrogens is 284 g/mol. The van der Waals surface area contributed by atoms with E-state index in [1.165, 1.54) is 15.6 Å². The SMILES string of the molecule is CCCNCc1ccc(S(=O)(=O)N(C)CCOC)s1. The Bertz CT molecular complexity index is 471. The molecule has 1 heterocycles. The van der Waals surface area contributed by atoms with Gasteiger partial charge in [0.15, 0.2) is 0 Å². The van der Waals surface area contributed by atoms with Crippen molar-refractivity contribution < 1.29 is 13.2 Å². The highest BCUT2D eigenvalue weighted by Gasteiger charge is 2.22. The van der Waals surface area contributed by atoms with Gasteiger partial charge in [-0.2, -0.15) is 4.31 Å². The van der Waals surface area contributed by atoms with Gasteiger partial charge < -0.3 is 10.1 Å². The number of rotatable bonds is 9. The first-order valence-electron chi connectivity index (χ1n) is 6.27. The van der Waals surface area contributed by atoms with Gasteiger partial charge in [-0.25, -0.2) is 8.42 Å². The highest BCUT2D eigenvalue weighted by Crippen LogP contribution is 2.24. The fourth-order valence-electron chi connectivity index (χ4n) is 1.47. The predicted octanol–water partition coefficient (Wildman–Crippen LogP) is 1.51. The van der Waals surface area contributed by atoms with Crippen LogP contribution in [0.1, 0.15) is 18.2 Å². The minimum atomic E-state index is -3.38. The van der Waals surface area contributed by atoms with Crippen molar-refractivity contribution in [3.05, 3.63) is 17.0 Å². The maximum Gasteiger partial charge on any atom is 0.252 e. The lowest BCUT2D eigenvalue weighted by Gasteiger charge is -2.15. The molecule has 7 heteroatoms. The van der Waals surface area contributed by atoms with Crippen molar-refractivity contribution in [1.82, 2.24) is 9.62 Å². The van der Waals surface area contributed by atoms with E-state index >= 15 is 0 Å². The van der Waals surface area contributed by atoms with Crippen LogP contribution in [-0.2, 0) is 21.3 Å². The van der Waals surface area contributed by atoms with Crippen LogP contribution < -0.4 is 5.32 Å². The zero-order valence-corrected chi connectivity index (χ0v) is 13.3. The molecule has 1 aromatic heterocycles. The van der Waals surface area contributed by atoms with Gasteiger partial charge in [-0.05, 0) is 25.1 Å². The van der Waals surface area contributed by atoms with Crippen molar-refractivity contribution >= 4 is 21.4 Å². The Morgan fingerprint density at radius 3 is 2.79 bits per heavy atom. The molecule has 0 bridgehead atoms. The van der Waals surface area contributed by atoms with E-state index in [1.54, 1.807) is 20.2 Å². The summed E-state index contributed by atoms with van der Waals surface area (Å²) in [5.74, 6) is 0. The Kier molecular flexibility index (Phi) is 6.95. The molecule has 0 amide bonds. The molecule has 5 nitrogen and oxygen atoms in total. The first kappa shape index (κ1) is 16.6. The lowest BCUT2D eigenvalue weighted by atomic mass is 10.4. The number of methoxy groups -OCH3 is 1. The minimum Gasteiger partial charge on any atom is -0.383 e. The van der Waals surface area contributed by atoms with Crippen LogP contribution in [0.3, 0.4) is 0 Å². The summed E-state index contributed by atoms with van der Waals surface area (Å²) in [4.78, 5) is 1.03. The number of nitrogens with one attached hydrogen (secondary N) is 1. The third kappa shape index (κ3) is 4.85. The van der Waals surface area contributed by atoms with Crippen LogP contribution in [0.2, 0.25) is 0 Å². The molecule has 1 rings (SSSR count). The Morgan fingerprint density at radius 2 is 2.16 bits per heavy atom. The smallest absolute Gasteiger partial charge is 0.252 e. The maximum atomic E-state index is 12.2. The molecule has 1 N–H and O–H groups in total. The zero-order chi connectivity index (χ0) is 14.3. The maximum absolute atomic E-state index is 12.2. The van der Waals surface area contributed by atoms with Gasteiger partial charge in [-0.3, -0.25) is 0 Å². The summed E-state index contributed by atoms with van der Waals surface area (Å²) in [5.41, 5.74) is 0. The van der Waals surface area contributed by atoms with E-state index in [2.05, 4.69) is 12.2 Å². The Morgan fingerprint density at radius 1 is 1.42 bits per heavy atom. The summed E-state index contributed by atoms with van der Waals surface area (Å²) >= 11 is 1.32. The monoisotopic (exact) mass is 306 g/mol. The molecule has 0 fully saturated rings. The van der Waals surface area contributed by atoms with Gasteiger partial charge >= 0.3 is 0 Å². The summed E-state index contributed by atoms with van der Waals surface area (Å²) in [5, 5.41) is 3.26. The van der Waals surface area contributed by atoms with Crippen LogP contribution in [0.5, 0.6) is 0 Å². The molecule has 0 saturated heterocycles. The van der Waals surface area contributed by atoms with Crippen molar-refractivity contribution in [2.75, 3.05) is 33.9 Å². The molecule has 0 spiro atoms. The number of thiophene rings is 1. The normalized spacial score (nSPS) is 12.2. The highest BCUT2D eigenvalue weighted by atomic mass is 32.2. The lowest BCUT2D eigenvalue weighted by molar-refractivity contribution is 0.185. The molecule has 0 radical (unpaired) electrons. The van der Waals surface area contributed by atoms with E-state index in [0.717, 1.165) is 24.4 Å². The molecule has 1 aromatic rings. The van der Waals surface area contributed by atoms with Crippen molar-refractivity contribution in [1.29, 1.82) is 0 Å². The van der Waals surface area contributed by atoms with Crippen LogP contribution >= 0.6 is 11.3 Å². The fourth-order valence-corrected chi connectivity index (χ4v) is 4.16. The third-order valence-electron chi connectivity index (χ3n) is 2.64. The molecule has 0 saturated carbocycles. The van der Waals surface area contributed by atoms with Gasteiger partial charge in [0.25, 0.3) is 10.0 Å². The molecule has 0 atom stereocenters. The second kappa shape index (κ2) is 7.96. The number of sulfonamides is 1. The number of ether oxygens (including phenoxy) is 1. The third-order valence-corrected chi connectivity index (χ3v) is 6.05. The van der Waals surface area contributed by atoms with Crippen molar-refractivity contribution in [2.24, 2.45) is 0 Å². The van der Waals surface area contributed by atoms with E-state index in [4.69, 9.17) is 4.74 Å². The summed E-state index contributed by atoms with van der Waals surface area (Å²) < 4.78 is 31.1. The average molecular weight is 306 g/mol. The first-order valence-corrected chi connectivity index (χ1v) is 8.52. The topological polar surface area (TPSA) is 58.6 Å². The van der Waals surface area contributed by atoms with Gasteiger partial charge in [0.2, 0.25) is 0 Å². The van der Waals surface area contributed by atoms with E-state index in [9.17, 15) is 8.42 Å². The van der Waals surface area contributed by atoms with E-state index in [-0.39, 0.29) is 0 Å². The first-order chi connectivity index (χ1) is 9.02. The minimum absolute atomic E-state index is 0.361. The lowest BCUT2D eigenvalue weighted by Crippen LogP contribution is -2.29. The standard InChI is InChI=1S/C12H22N2O3S2/c1-4-7-13-10-11-5-6-12(18-11)19(15,16)14(2)8-9-17-3/h5-6,13H,4,7-10H2,1-3H3. The molecule has 0 aliphatic heterocycles. The average Bonchev–Trinajstić information content (AvgIpc) is 2.85. The van der Waals surface area contributed by atoms with Gasteiger partial charge in [0, 0.05) is 32.1 Å². The Labute approximate surface area is 119 Å². The number of hydrogen-bond acceptors (Lipinski definition) is 5. The quantitative estimate of drug-likeness (QED) is 0.703. The van der Waals surface area contributed by atoms with E-state index in [0.29, 0.717) is 17.4 Å². The molecule has 0 unspecified atom stereocenters. The van der Waals surface area contributed by atoms with Crippen LogP contribution in [0.25, 0.3) is 0 Å². The second-order valence-corrected chi connectivity index (χ2v) is 7.66. The van der Waals surface area contributed by atoms with E-state index < -0.39 is 10.0 Å². The summed E-state index contributed by atoms with van der Waals surface area (Å²) in [6.45, 7) is 4.51. The van der Waals surface area contributed by atoms with E-state index in [1.807, 2.05) is 6.07 Å². The van der Waals surface area contributed by atoms with Gasteiger partial charge in [-0.15, -0.1) is 11.3 Å². The molecule has 19 heavy (non-hydrogen) atoms. The Hall–Kier alpha value is -0.470. The molecule has 110 valence electrons. The molecule has 0 aliphatic carbocycles. The zero-order valence-electron chi connectivity index (χ0n) is 11.7. The van der Waals surface area contributed by atoms with Crippen LogP contribution in [0, 0.1) is 0 Å². The summed E-state index contributed by atoms with van der Waals surface area (Å²) in [6.07, 6.45) is 1.07. The molecular formula is C12H22N2O3S2. The van der Waals surface area contributed by atoms with Crippen molar-refractivity contribution in [2.45, 2.75) is 24.1 Å². The fraction of sp³-hybridized carbons (Fsp3) is 0.667. The molecule has 0 aromatic carbocycles. The van der Waals surface area contributed by atoms with Crippen molar-refractivity contribution in [3.8, 4) is 0 Å². The van der Waals surface area contributed by atoms with Gasteiger partial charge in [0.05, 0.1) is 6.61 Å². The van der Waals surface area contributed by atoms with Crippen LogP contribution in [-0.4, -0.2) is 46.6 Å². The van der Waals surface area contributed by atoms with Crippen LogP contribution in [0.4, 0.5) is 0 Å². The molecule has 0 aliphatic rings. The second-order valence-electron chi connectivity index (χ2n) is 4.22. The largest absolute Gasteiger partial charge is 0.383 e. The summed E-state index contributed by atoms with van der Waals surface area (Å²) in [6, 6.07) is 3.54.